The van der Waals surface area contributed by atoms with Crippen molar-refractivity contribution in [3.8, 4) is 0 Å². The third-order valence-electron chi connectivity index (χ3n) is 10.7. The van der Waals surface area contributed by atoms with Gasteiger partial charge in [0.1, 0.15) is 0 Å². The average Bonchev–Trinajstić information content (AvgIpc) is 3.48. The van der Waals surface area contributed by atoms with Gasteiger partial charge >= 0.3 is 0 Å². The largest absolute Gasteiger partial charge is 0.393 e. The fraction of sp³-hybridized carbons (Fsp3) is 0.778. The van der Waals surface area contributed by atoms with Gasteiger partial charge in [-0.05, 0) is 86.0 Å². The van der Waals surface area contributed by atoms with Gasteiger partial charge in [0.05, 0.1) is 31.0 Å². The highest BCUT2D eigenvalue weighted by Gasteiger charge is 2.71. The van der Waals surface area contributed by atoms with E-state index >= 15 is 0 Å². The number of aliphatic hydroxyl groups is 1. The molecule has 3 heteroatoms. The van der Waals surface area contributed by atoms with E-state index in [0.717, 1.165) is 37.7 Å². The third-order valence-corrected chi connectivity index (χ3v) is 10.7. The molecule has 9 atom stereocenters. The van der Waals surface area contributed by atoms with Crippen LogP contribution in [-0.4, -0.2) is 29.5 Å². The van der Waals surface area contributed by atoms with E-state index in [9.17, 15) is 5.11 Å². The van der Waals surface area contributed by atoms with Gasteiger partial charge in [-0.3, -0.25) is 0 Å². The molecule has 1 aliphatic heterocycles. The Bertz CT molecular complexity index is 789. The number of rotatable bonds is 3. The normalized spacial score (nSPS) is 51.8. The van der Waals surface area contributed by atoms with Crippen molar-refractivity contribution in [2.75, 3.05) is 6.61 Å². The van der Waals surface area contributed by atoms with Crippen LogP contribution >= 0.6 is 0 Å². The molecule has 0 radical (unpaired) electrons. The SMILES string of the molecule is C[C@@]12CC[C@H](O)C[C@H]1C[C@@H](OCc1ccccc1)[C@H]1[C@H]2CC[C@]2(C)[C@@H]1CC[C@]21CO1. The summed E-state index contributed by atoms with van der Waals surface area (Å²) in [5.41, 5.74) is 2.17. The highest BCUT2D eigenvalue weighted by molar-refractivity contribution is 5.20. The van der Waals surface area contributed by atoms with Gasteiger partial charge in [0.2, 0.25) is 0 Å². The van der Waals surface area contributed by atoms with Gasteiger partial charge in [-0.15, -0.1) is 0 Å². The molecule has 1 saturated heterocycles. The van der Waals surface area contributed by atoms with E-state index in [2.05, 4.69) is 44.2 Å². The van der Waals surface area contributed by atoms with Crippen LogP contribution in [0.5, 0.6) is 0 Å². The van der Waals surface area contributed by atoms with Crippen molar-refractivity contribution >= 4 is 0 Å². The third kappa shape index (κ3) is 2.74. The zero-order chi connectivity index (χ0) is 20.6. The van der Waals surface area contributed by atoms with Crippen LogP contribution in [0.1, 0.15) is 70.8 Å². The first-order chi connectivity index (χ1) is 14.5. The fourth-order valence-corrected chi connectivity index (χ4v) is 8.78. The van der Waals surface area contributed by atoms with Crippen LogP contribution in [-0.2, 0) is 16.1 Å². The summed E-state index contributed by atoms with van der Waals surface area (Å²) in [4.78, 5) is 0. The van der Waals surface area contributed by atoms with E-state index < -0.39 is 0 Å². The molecule has 164 valence electrons. The Morgan fingerprint density at radius 2 is 1.77 bits per heavy atom. The molecule has 1 aromatic carbocycles. The smallest absolute Gasteiger partial charge is 0.0972 e. The summed E-state index contributed by atoms with van der Waals surface area (Å²) in [6.07, 6.45) is 9.68. The van der Waals surface area contributed by atoms with Crippen molar-refractivity contribution in [3.63, 3.8) is 0 Å². The van der Waals surface area contributed by atoms with E-state index in [1.54, 1.807) is 0 Å². The Labute approximate surface area is 181 Å². The molecule has 5 aliphatic rings. The minimum absolute atomic E-state index is 0.113. The van der Waals surface area contributed by atoms with Crippen molar-refractivity contribution in [1.29, 1.82) is 0 Å². The van der Waals surface area contributed by atoms with E-state index in [-0.39, 0.29) is 11.7 Å². The second-order valence-electron chi connectivity index (χ2n) is 11.8. The van der Waals surface area contributed by atoms with Gasteiger partial charge in [0.15, 0.2) is 0 Å². The highest BCUT2D eigenvalue weighted by atomic mass is 16.6. The van der Waals surface area contributed by atoms with Gasteiger partial charge in [0.25, 0.3) is 0 Å². The second-order valence-corrected chi connectivity index (χ2v) is 11.8. The second kappa shape index (κ2) is 6.80. The molecular formula is C27H38O3. The lowest BCUT2D eigenvalue weighted by Gasteiger charge is -2.62. The van der Waals surface area contributed by atoms with Gasteiger partial charge in [0, 0.05) is 5.41 Å². The zero-order valence-corrected chi connectivity index (χ0v) is 18.7. The topological polar surface area (TPSA) is 42.0 Å². The van der Waals surface area contributed by atoms with Crippen LogP contribution in [0.3, 0.4) is 0 Å². The molecule has 4 saturated carbocycles. The molecule has 1 spiro atoms. The van der Waals surface area contributed by atoms with Crippen LogP contribution in [0.2, 0.25) is 0 Å². The van der Waals surface area contributed by atoms with Crippen molar-refractivity contribution in [1.82, 2.24) is 0 Å². The predicted octanol–water partition coefficient (Wildman–Crippen LogP) is 5.35. The maximum atomic E-state index is 10.5. The molecule has 0 unspecified atom stereocenters. The first-order valence-electron chi connectivity index (χ1n) is 12.4. The minimum Gasteiger partial charge on any atom is -0.393 e. The van der Waals surface area contributed by atoms with E-state index in [4.69, 9.17) is 9.47 Å². The van der Waals surface area contributed by atoms with Crippen molar-refractivity contribution in [3.05, 3.63) is 35.9 Å². The van der Waals surface area contributed by atoms with Crippen LogP contribution in [0, 0.1) is 34.5 Å². The zero-order valence-electron chi connectivity index (χ0n) is 18.7. The lowest BCUT2D eigenvalue weighted by molar-refractivity contribution is -0.190. The molecule has 4 aliphatic carbocycles. The molecule has 5 fully saturated rings. The number of hydrogen-bond acceptors (Lipinski definition) is 3. The Hall–Kier alpha value is -0.900. The van der Waals surface area contributed by atoms with Gasteiger partial charge in [-0.2, -0.15) is 0 Å². The average molecular weight is 411 g/mol. The molecule has 30 heavy (non-hydrogen) atoms. The first kappa shape index (κ1) is 19.8. The van der Waals surface area contributed by atoms with Crippen LogP contribution in [0.15, 0.2) is 30.3 Å². The molecule has 3 nitrogen and oxygen atoms in total. The molecule has 1 aromatic rings. The number of fused-ring (bicyclic) bond motifs is 6. The van der Waals surface area contributed by atoms with Crippen molar-refractivity contribution in [2.24, 2.45) is 34.5 Å². The van der Waals surface area contributed by atoms with Crippen molar-refractivity contribution < 1.29 is 14.6 Å². The highest BCUT2D eigenvalue weighted by Crippen LogP contribution is 2.71. The van der Waals surface area contributed by atoms with Gasteiger partial charge in [-0.1, -0.05) is 44.2 Å². The summed E-state index contributed by atoms with van der Waals surface area (Å²) in [5.74, 6) is 2.70. The minimum atomic E-state index is -0.113. The van der Waals surface area contributed by atoms with E-state index in [1.165, 1.54) is 37.7 Å². The molecular weight excluding hydrogens is 372 g/mol. The fourth-order valence-electron chi connectivity index (χ4n) is 8.78. The predicted molar refractivity (Wildman–Crippen MR) is 117 cm³/mol. The van der Waals surface area contributed by atoms with E-state index in [1.807, 2.05) is 0 Å². The molecule has 1 heterocycles. The first-order valence-corrected chi connectivity index (χ1v) is 12.4. The van der Waals surface area contributed by atoms with Crippen LogP contribution in [0.25, 0.3) is 0 Å². The summed E-state index contributed by atoms with van der Waals surface area (Å²) >= 11 is 0. The monoisotopic (exact) mass is 410 g/mol. The maximum absolute atomic E-state index is 10.5. The number of hydrogen-bond donors (Lipinski definition) is 1. The quantitative estimate of drug-likeness (QED) is 0.683. The van der Waals surface area contributed by atoms with Crippen molar-refractivity contribution in [2.45, 2.75) is 89.6 Å². The summed E-state index contributed by atoms with van der Waals surface area (Å²) < 4.78 is 12.9. The molecule has 0 bridgehead atoms. The van der Waals surface area contributed by atoms with Crippen LogP contribution < -0.4 is 0 Å². The maximum Gasteiger partial charge on any atom is 0.0972 e. The summed E-state index contributed by atoms with van der Waals surface area (Å²) in [6.45, 7) is 6.81. The Kier molecular flexibility index (Phi) is 4.48. The standard InChI is InChI=1S/C27H38O3/c1-25-11-8-20(28)14-19(25)15-23(29-16-18-6-4-3-5-7-18)24-21(25)9-12-26(2)22(24)10-13-27(26)17-30-27/h3-7,19-24,28H,8-17H2,1-2H3/t19-,20-,21+,22+,23+,24-,25+,26+,27-/m0/s1. The lowest BCUT2D eigenvalue weighted by atomic mass is 9.44. The van der Waals surface area contributed by atoms with Gasteiger partial charge in [-0.25, -0.2) is 0 Å². The van der Waals surface area contributed by atoms with E-state index in [0.29, 0.717) is 35.4 Å². The molecule has 6 rings (SSSR count). The Balaban J connectivity index is 1.33. The molecule has 1 N–H and O–H groups in total. The molecule has 0 aromatic heterocycles. The number of epoxide rings is 1. The summed E-state index contributed by atoms with van der Waals surface area (Å²) in [7, 11) is 0. The number of ether oxygens (including phenoxy) is 2. The lowest BCUT2D eigenvalue weighted by Crippen LogP contribution is -2.59. The summed E-state index contributed by atoms with van der Waals surface area (Å²) in [6, 6.07) is 10.7. The Morgan fingerprint density at radius 1 is 1.00 bits per heavy atom. The number of aliphatic hydroxyl groups excluding tert-OH is 1. The van der Waals surface area contributed by atoms with Crippen LogP contribution in [0.4, 0.5) is 0 Å². The van der Waals surface area contributed by atoms with Gasteiger partial charge < -0.3 is 14.6 Å². The summed E-state index contributed by atoms with van der Waals surface area (Å²) in [5, 5.41) is 10.5. The Morgan fingerprint density at radius 3 is 2.53 bits per heavy atom. The molecule has 0 amide bonds. The number of benzene rings is 1.